The van der Waals surface area contributed by atoms with Gasteiger partial charge in [-0.25, -0.2) is 4.79 Å². The van der Waals surface area contributed by atoms with E-state index in [1.165, 1.54) is 7.11 Å². The minimum atomic E-state index is -1.04. The molecule has 1 aliphatic carbocycles. The minimum absolute atomic E-state index is 0.152. The average Bonchev–Trinajstić information content (AvgIpc) is 2.83. The number of hydrogen-bond donors (Lipinski definition) is 0. The summed E-state index contributed by atoms with van der Waals surface area (Å²) in [6.45, 7) is 0. The van der Waals surface area contributed by atoms with Gasteiger partial charge in [-0.2, -0.15) is 0 Å². The molecule has 21 heavy (non-hydrogen) atoms. The van der Waals surface area contributed by atoms with Crippen LogP contribution in [0.25, 0.3) is 0 Å². The summed E-state index contributed by atoms with van der Waals surface area (Å²) in [5.41, 5.74) is 1.31. The zero-order chi connectivity index (χ0) is 15.4. The third-order valence-corrected chi connectivity index (χ3v) is 3.62. The Labute approximate surface area is 122 Å². The highest BCUT2D eigenvalue weighted by Crippen LogP contribution is 2.20. The Hall–Kier alpha value is -2.30. The molecule has 1 aromatic rings. The normalized spacial score (nSPS) is 15.3. The van der Waals surface area contributed by atoms with Crippen molar-refractivity contribution in [3.63, 3.8) is 0 Å². The van der Waals surface area contributed by atoms with Gasteiger partial charge in [-0.1, -0.05) is 12.1 Å². The third kappa shape index (κ3) is 3.42. The van der Waals surface area contributed by atoms with Crippen molar-refractivity contribution in [3.05, 3.63) is 35.4 Å². The van der Waals surface area contributed by atoms with E-state index in [1.807, 2.05) is 0 Å². The highest BCUT2D eigenvalue weighted by Gasteiger charge is 2.37. The van der Waals surface area contributed by atoms with Crippen LogP contribution in [0.3, 0.4) is 0 Å². The van der Waals surface area contributed by atoms with Gasteiger partial charge >= 0.3 is 5.97 Å². The van der Waals surface area contributed by atoms with Crippen LogP contribution in [0.2, 0.25) is 0 Å². The fraction of sp³-hybridized carbons (Fsp3) is 0.375. The number of carbonyl (C=O) groups excluding carboxylic acids is 4. The quantitative estimate of drug-likeness (QED) is 0.606. The van der Waals surface area contributed by atoms with Crippen LogP contribution in [-0.4, -0.2) is 30.4 Å². The van der Waals surface area contributed by atoms with Crippen molar-refractivity contribution in [1.82, 2.24) is 0 Å². The van der Waals surface area contributed by atoms with Gasteiger partial charge in [0, 0.05) is 19.3 Å². The Morgan fingerprint density at radius 1 is 1.10 bits per heavy atom. The van der Waals surface area contributed by atoms with Gasteiger partial charge < -0.3 is 4.74 Å². The predicted octanol–water partition coefficient (Wildman–Crippen LogP) is 1.52. The monoisotopic (exact) mass is 288 g/mol. The van der Waals surface area contributed by atoms with E-state index >= 15 is 0 Å². The van der Waals surface area contributed by atoms with Crippen molar-refractivity contribution in [2.75, 3.05) is 7.11 Å². The summed E-state index contributed by atoms with van der Waals surface area (Å²) < 4.78 is 4.60. The number of aryl methyl sites for hydroxylation is 1. The first-order valence-electron chi connectivity index (χ1n) is 6.78. The summed E-state index contributed by atoms with van der Waals surface area (Å²) in [7, 11) is 1.31. The fourth-order valence-electron chi connectivity index (χ4n) is 2.41. The summed E-state index contributed by atoms with van der Waals surface area (Å²) in [5, 5.41) is 0. The molecule has 1 fully saturated rings. The molecule has 0 spiro atoms. The lowest BCUT2D eigenvalue weighted by molar-refractivity contribution is -0.136. The number of carbonyl (C=O) groups is 4. The lowest BCUT2D eigenvalue weighted by Gasteiger charge is -2.06. The van der Waals surface area contributed by atoms with Crippen molar-refractivity contribution >= 4 is 23.3 Å². The van der Waals surface area contributed by atoms with E-state index in [2.05, 4.69) is 4.74 Å². The molecular weight excluding hydrogens is 272 g/mol. The molecule has 1 saturated carbocycles. The number of ether oxygens (including phenoxy) is 1. The molecule has 5 nitrogen and oxygen atoms in total. The molecule has 5 heteroatoms. The van der Waals surface area contributed by atoms with E-state index in [-0.39, 0.29) is 36.6 Å². The lowest BCUT2D eigenvalue weighted by Crippen LogP contribution is -2.25. The Morgan fingerprint density at radius 2 is 1.67 bits per heavy atom. The van der Waals surface area contributed by atoms with Gasteiger partial charge in [-0.3, -0.25) is 14.4 Å². The molecule has 0 heterocycles. The minimum Gasteiger partial charge on any atom is -0.465 e. The Bertz CT molecular complexity index is 569. The molecule has 0 N–H and O–H groups in total. The molecule has 1 aliphatic rings. The average molecular weight is 288 g/mol. The van der Waals surface area contributed by atoms with Crippen LogP contribution in [0.15, 0.2) is 24.3 Å². The molecule has 0 amide bonds. The van der Waals surface area contributed by atoms with Crippen LogP contribution >= 0.6 is 0 Å². The smallest absolute Gasteiger partial charge is 0.337 e. The molecule has 110 valence electrons. The molecule has 0 aliphatic heterocycles. The van der Waals surface area contributed by atoms with Gasteiger partial charge in [-0.05, 0) is 24.1 Å². The van der Waals surface area contributed by atoms with Crippen LogP contribution in [0.5, 0.6) is 0 Å². The van der Waals surface area contributed by atoms with E-state index in [9.17, 15) is 19.2 Å². The van der Waals surface area contributed by atoms with E-state index in [1.54, 1.807) is 24.3 Å². The van der Waals surface area contributed by atoms with Crippen molar-refractivity contribution in [2.45, 2.75) is 25.7 Å². The second-order valence-corrected chi connectivity index (χ2v) is 5.02. The van der Waals surface area contributed by atoms with Gasteiger partial charge in [-0.15, -0.1) is 0 Å². The van der Waals surface area contributed by atoms with E-state index in [0.717, 1.165) is 5.56 Å². The van der Waals surface area contributed by atoms with Crippen LogP contribution in [0, 0.1) is 5.92 Å². The Balaban J connectivity index is 1.94. The number of methoxy groups -OCH3 is 1. The third-order valence-electron chi connectivity index (χ3n) is 3.62. The Morgan fingerprint density at radius 3 is 2.19 bits per heavy atom. The topological polar surface area (TPSA) is 77.5 Å². The maximum absolute atomic E-state index is 11.9. The first-order valence-corrected chi connectivity index (χ1v) is 6.78. The molecule has 0 bridgehead atoms. The molecule has 2 rings (SSSR count). The largest absolute Gasteiger partial charge is 0.465 e. The van der Waals surface area contributed by atoms with Crippen LogP contribution < -0.4 is 0 Å². The zero-order valence-electron chi connectivity index (χ0n) is 11.8. The van der Waals surface area contributed by atoms with Gasteiger partial charge in [0.25, 0.3) is 0 Å². The predicted molar refractivity (Wildman–Crippen MR) is 73.8 cm³/mol. The first kappa shape index (κ1) is 15.1. The molecule has 0 atom stereocenters. The van der Waals surface area contributed by atoms with Gasteiger partial charge in [0.15, 0.2) is 17.3 Å². The van der Waals surface area contributed by atoms with Crippen LogP contribution in [-0.2, 0) is 25.5 Å². The lowest BCUT2D eigenvalue weighted by atomic mass is 9.95. The van der Waals surface area contributed by atoms with Gasteiger partial charge in [0.1, 0.15) is 5.92 Å². The number of ketones is 3. The van der Waals surface area contributed by atoms with Crippen molar-refractivity contribution in [1.29, 1.82) is 0 Å². The number of hydrogen-bond acceptors (Lipinski definition) is 5. The number of esters is 1. The van der Waals surface area contributed by atoms with E-state index < -0.39 is 11.9 Å². The fourth-order valence-corrected chi connectivity index (χ4v) is 2.41. The van der Waals surface area contributed by atoms with Crippen molar-refractivity contribution in [2.24, 2.45) is 5.92 Å². The maximum Gasteiger partial charge on any atom is 0.337 e. The molecule has 0 aromatic heterocycles. The van der Waals surface area contributed by atoms with Crippen LogP contribution in [0.1, 0.15) is 35.2 Å². The molecule has 0 unspecified atom stereocenters. The van der Waals surface area contributed by atoms with Crippen molar-refractivity contribution in [3.8, 4) is 0 Å². The van der Waals surface area contributed by atoms with E-state index in [0.29, 0.717) is 12.0 Å². The van der Waals surface area contributed by atoms with Crippen LogP contribution in [0.4, 0.5) is 0 Å². The van der Waals surface area contributed by atoms with Gasteiger partial charge in [0.05, 0.1) is 12.7 Å². The standard InChI is InChI=1S/C16H16O5/c1-21-16(20)11-5-2-10(3-6-11)4-7-12(17)15-13(18)8-9-14(15)19/h2-3,5-6,15H,4,7-9H2,1H3. The molecular formula is C16H16O5. The molecule has 1 aromatic carbocycles. The number of Topliss-reactive ketones (excluding diaryl/α,β-unsaturated/α-hetero) is 3. The summed E-state index contributed by atoms with van der Waals surface area (Å²) >= 11 is 0. The Kier molecular flexibility index (Phi) is 4.62. The van der Waals surface area contributed by atoms with E-state index in [4.69, 9.17) is 0 Å². The summed E-state index contributed by atoms with van der Waals surface area (Å²) in [6.07, 6.45) is 0.962. The number of rotatable bonds is 5. The molecule has 0 saturated heterocycles. The number of benzene rings is 1. The second-order valence-electron chi connectivity index (χ2n) is 5.02. The zero-order valence-corrected chi connectivity index (χ0v) is 11.8. The van der Waals surface area contributed by atoms with Gasteiger partial charge in [0.2, 0.25) is 0 Å². The molecule has 0 radical (unpaired) electrons. The highest BCUT2D eigenvalue weighted by molar-refractivity contribution is 6.23. The summed E-state index contributed by atoms with van der Waals surface area (Å²) in [4.78, 5) is 46.2. The maximum atomic E-state index is 11.9. The first-order chi connectivity index (χ1) is 10.0. The highest BCUT2D eigenvalue weighted by atomic mass is 16.5. The van der Waals surface area contributed by atoms with Crippen molar-refractivity contribution < 1.29 is 23.9 Å². The summed E-state index contributed by atoms with van der Waals surface area (Å²) in [6, 6.07) is 6.71. The summed E-state index contributed by atoms with van der Waals surface area (Å²) in [5.74, 6) is -2.28. The second kappa shape index (κ2) is 6.43. The SMILES string of the molecule is COC(=O)c1ccc(CCC(=O)C2C(=O)CCC2=O)cc1.